The number of carbonyl (C=O) groups is 2. The van der Waals surface area contributed by atoms with Gasteiger partial charge in [0.15, 0.2) is 0 Å². The van der Waals surface area contributed by atoms with E-state index in [2.05, 4.69) is 36.6 Å². The molecule has 2 amide bonds. The summed E-state index contributed by atoms with van der Waals surface area (Å²) >= 11 is 0. The van der Waals surface area contributed by atoms with E-state index in [1.807, 2.05) is 42.5 Å². The van der Waals surface area contributed by atoms with Crippen molar-refractivity contribution < 1.29 is 9.59 Å². The fourth-order valence-corrected chi connectivity index (χ4v) is 2.72. The van der Waals surface area contributed by atoms with E-state index < -0.39 is 0 Å². The first kappa shape index (κ1) is 23.7. The highest BCUT2D eigenvalue weighted by Crippen LogP contribution is 2.17. The summed E-state index contributed by atoms with van der Waals surface area (Å²) in [5.41, 5.74) is 9.36. The van der Waals surface area contributed by atoms with Gasteiger partial charge in [-0.1, -0.05) is 68.4 Å². The minimum absolute atomic E-state index is 0. The average molecular weight is 404 g/mol. The van der Waals surface area contributed by atoms with Crippen molar-refractivity contribution in [2.24, 2.45) is 5.73 Å². The molecule has 4 N–H and O–H groups in total. The highest BCUT2D eigenvalue weighted by molar-refractivity contribution is 5.85. The van der Waals surface area contributed by atoms with Gasteiger partial charge in [0.25, 0.3) is 0 Å². The van der Waals surface area contributed by atoms with Crippen LogP contribution in [0.15, 0.2) is 54.6 Å². The Hall–Kier alpha value is -2.37. The van der Waals surface area contributed by atoms with Crippen molar-refractivity contribution in [2.45, 2.75) is 38.6 Å². The van der Waals surface area contributed by atoms with Gasteiger partial charge in [-0.15, -0.1) is 12.4 Å². The highest BCUT2D eigenvalue weighted by atomic mass is 35.5. The molecule has 0 bridgehead atoms. The zero-order valence-corrected chi connectivity index (χ0v) is 17.3. The van der Waals surface area contributed by atoms with Gasteiger partial charge < -0.3 is 16.4 Å². The molecule has 1 atom stereocenters. The standard InChI is InChI=1S/C22H29N3O2.ClH/c1-16(2)18-8-10-19(11-9-18)20(23)15-25-21(26)12-13-24-22(27)14-17-6-4-3-5-7-17;/h3-11,16,20H,12-15,23H2,1-2H3,(H,24,27)(H,25,26);1H. The van der Waals surface area contributed by atoms with Crippen molar-refractivity contribution in [3.8, 4) is 0 Å². The number of hydrogen-bond donors (Lipinski definition) is 3. The Balaban J connectivity index is 0.00000392. The maximum Gasteiger partial charge on any atom is 0.224 e. The van der Waals surface area contributed by atoms with Crippen LogP contribution in [0.4, 0.5) is 0 Å². The molecule has 6 heteroatoms. The van der Waals surface area contributed by atoms with Crippen LogP contribution in [0.1, 0.15) is 48.9 Å². The van der Waals surface area contributed by atoms with Crippen LogP contribution in [0.2, 0.25) is 0 Å². The van der Waals surface area contributed by atoms with Crippen molar-refractivity contribution in [2.75, 3.05) is 13.1 Å². The number of amides is 2. The van der Waals surface area contributed by atoms with Gasteiger partial charge in [-0.3, -0.25) is 9.59 Å². The molecule has 152 valence electrons. The Morgan fingerprint density at radius 2 is 1.50 bits per heavy atom. The second-order valence-corrected chi connectivity index (χ2v) is 6.99. The van der Waals surface area contributed by atoms with E-state index in [1.54, 1.807) is 0 Å². The summed E-state index contributed by atoms with van der Waals surface area (Å²) in [6.07, 6.45) is 0.555. The van der Waals surface area contributed by atoms with E-state index >= 15 is 0 Å². The molecule has 0 aliphatic rings. The van der Waals surface area contributed by atoms with E-state index in [1.165, 1.54) is 5.56 Å². The largest absolute Gasteiger partial charge is 0.355 e. The lowest BCUT2D eigenvalue weighted by Gasteiger charge is -2.15. The fraction of sp³-hybridized carbons (Fsp3) is 0.364. The average Bonchev–Trinajstić information content (AvgIpc) is 2.67. The Morgan fingerprint density at radius 1 is 0.893 bits per heavy atom. The molecule has 0 saturated carbocycles. The number of halogens is 1. The van der Waals surface area contributed by atoms with E-state index in [9.17, 15) is 9.59 Å². The van der Waals surface area contributed by atoms with Crippen LogP contribution in [0.5, 0.6) is 0 Å². The third kappa shape index (κ3) is 8.11. The lowest BCUT2D eigenvalue weighted by Crippen LogP contribution is -2.35. The normalized spacial score (nSPS) is 11.4. The minimum Gasteiger partial charge on any atom is -0.355 e. The maximum atomic E-state index is 11.9. The first-order chi connectivity index (χ1) is 13.0. The molecule has 28 heavy (non-hydrogen) atoms. The number of carbonyl (C=O) groups excluding carboxylic acids is 2. The molecule has 0 aliphatic heterocycles. The third-order valence-electron chi connectivity index (χ3n) is 4.43. The van der Waals surface area contributed by atoms with Crippen LogP contribution >= 0.6 is 12.4 Å². The summed E-state index contributed by atoms with van der Waals surface area (Å²) in [5.74, 6) is 0.271. The van der Waals surface area contributed by atoms with Crippen LogP contribution in [0, 0.1) is 0 Å². The van der Waals surface area contributed by atoms with Gasteiger partial charge in [-0.25, -0.2) is 0 Å². The first-order valence-electron chi connectivity index (χ1n) is 9.38. The van der Waals surface area contributed by atoms with Crippen LogP contribution in [-0.2, 0) is 16.0 Å². The van der Waals surface area contributed by atoms with Gasteiger partial charge in [0.2, 0.25) is 11.8 Å². The number of nitrogens with two attached hydrogens (primary N) is 1. The number of rotatable bonds is 9. The van der Waals surface area contributed by atoms with Gasteiger partial charge in [0.1, 0.15) is 0 Å². The Bertz CT molecular complexity index is 733. The molecule has 0 aliphatic carbocycles. The molecule has 5 nitrogen and oxygen atoms in total. The van der Waals surface area contributed by atoms with Crippen LogP contribution in [0.3, 0.4) is 0 Å². The van der Waals surface area contributed by atoms with Gasteiger partial charge in [0, 0.05) is 25.6 Å². The summed E-state index contributed by atoms with van der Waals surface area (Å²) in [6.45, 7) is 4.98. The lowest BCUT2D eigenvalue weighted by molar-refractivity contribution is -0.122. The summed E-state index contributed by atoms with van der Waals surface area (Å²) < 4.78 is 0. The van der Waals surface area contributed by atoms with Gasteiger partial charge >= 0.3 is 0 Å². The number of hydrogen-bond acceptors (Lipinski definition) is 3. The van der Waals surface area contributed by atoms with E-state index in [-0.39, 0.29) is 36.7 Å². The molecule has 0 fully saturated rings. The third-order valence-corrected chi connectivity index (χ3v) is 4.43. The molecule has 0 aromatic heterocycles. The minimum atomic E-state index is -0.247. The second-order valence-electron chi connectivity index (χ2n) is 6.99. The van der Waals surface area contributed by atoms with Gasteiger partial charge in [-0.2, -0.15) is 0 Å². The zero-order chi connectivity index (χ0) is 19.6. The van der Waals surface area contributed by atoms with Gasteiger partial charge in [-0.05, 0) is 22.6 Å². The monoisotopic (exact) mass is 403 g/mol. The molecular formula is C22H30ClN3O2. The Morgan fingerprint density at radius 3 is 2.11 bits per heavy atom. The summed E-state index contributed by atoms with van der Waals surface area (Å²) in [7, 11) is 0. The smallest absolute Gasteiger partial charge is 0.224 e. The molecule has 0 spiro atoms. The number of benzene rings is 2. The van der Waals surface area contributed by atoms with Crippen molar-refractivity contribution in [1.82, 2.24) is 10.6 Å². The van der Waals surface area contributed by atoms with E-state index in [0.29, 0.717) is 25.4 Å². The lowest BCUT2D eigenvalue weighted by atomic mass is 9.99. The molecule has 2 aromatic rings. The van der Waals surface area contributed by atoms with E-state index in [0.717, 1.165) is 11.1 Å². The topological polar surface area (TPSA) is 84.2 Å². The molecule has 2 rings (SSSR count). The predicted molar refractivity (Wildman–Crippen MR) is 115 cm³/mol. The van der Waals surface area contributed by atoms with Crippen LogP contribution < -0.4 is 16.4 Å². The summed E-state index contributed by atoms with van der Waals surface area (Å²) in [4.78, 5) is 23.8. The fourth-order valence-electron chi connectivity index (χ4n) is 2.72. The zero-order valence-electron chi connectivity index (χ0n) is 16.5. The number of nitrogens with one attached hydrogen (secondary N) is 2. The van der Waals surface area contributed by atoms with Crippen molar-refractivity contribution in [3.05, 3.63) is 71.3 Å². The van der Waals surface area contributed by atoms with Crippen molar-refractivity contribution in [3.63, 3.8) is 0 Å². The second kappa shape index (κ2) is 12.2. The maximum absolute atomic E-state index is 11.9. The predicted octanol–water partition coefficient (Wildman–Crippen LogP) is 3.10. The quantitative estimate of drug-likeness (QED) is 0.601. The molecule has 0 heterocycles. The molecule has 1 unspecified atom stereocenters. The van der Waals surface area contributed by atoms with Crippen molar-refractivity contribution in [1.29, 1.82) is 0 Å². The molecular weight excluding hydrogens is 374 g/mol. The Labute approximate surface area is 173 Å². The first-order valence-corrected chi connectivity index (χ1v) is 9.38. The molecule has 2 aromatic carbocycles. The summed E-state index contributed by atoms with van der Waals surface area (Å²) in [5, 5.41) is 5.59. The highest BCUT2D eigenvalue weighted by Gasteiger charge is 2.10. The molecule has 0 radical (unpaired) electrons. The SMILES string of the molecule is CC(C)c1ccc(C(N)CNC(=O)CCNC(=O)Cc2ccccc2)cc1.Cl. The van der Waals surface area contributed by atoms with Crippen LogP contribution in [0.25, 0.3) is 0 Å². The van der Waals surface area contributed by atoms with Crippen molar-refractivity contribution >= 4 is 24.2 Å². The van der Waals surface area contributed by atoms with E-state index in [4.69, 9.17) is 5.73 Å². The van der Waals surface area contributed by atoms with Crippen LogP contribution in [-0.4, -0.2) is 24.9 Å². The van der Waals surface area contributed by atoms with Gasteiger partial charge in [0.05, 0.1) is 6.42 Å². The molecule has 0 saturated heterocycles. The Kier molecular flexibility index (Phi) is 10.3. The summed E-state index contributed by atoms with van der Waals surface area (Å²) in [6, 6.07) is 17.4.